The highest BCUT2D eigenvalue weighted by Gasteiger charge is 2.16. The van der Waals surface area contributed by atoms with Gasteiger partial charge in [0, 0.05) is 10.6 Å². The number of aryl methyl sites for hydroxylation is 1. The third-order valence-corrected chi connectivity index (χ3v) is 3.36. The fourth-order valence-corrected chi connectivity index (χ4v) is 2.24. The SMILES string of the molecule is CCOC(=O)C(C)Sc1cccc(C)c1N. The molecule has 4 heteroatoms. The van der Waals surface area contributed by atoms with Crippen LogP contribution in [0.2, 0.25) is 0 Å². The summed E-state index contributed by atoms with van der Waals surface area (Å²) in [4.78, 5) is 12.4. The van der Waals surface area contributed by atoms with Crippen LogP contribution in [0.4, 0.5) is 5.69 Å². The number of esters is 1. The van der Waals surface area contributed by atoms with E-state index >= 15 is 0 Å². The predicted molar refractivity (Wildman–Crippen MR) is 67.5 cm³/mol. The first-order chi connectivity index (χ1) is 7.56. The van der Waals surface area contributed by atoms with Crippen molar-refractivity contribution in [3.05, 3.63) is 23.8 Å². The summed E-state index contributed by atoms with van der Waals surface area (Å²) in [5.41, 5.74) is 7.70. The van der Waals surface area contributed by atoms with Gasteiger partial charge in [0.05, 0.1) is 6.61 Å². The first-order valence-electron chi connectivity index (χ1n) is 5.24. The zero-order valence-corrected chi connectivity index (χ0v) is 10.6. The van der Waals surface area contributed by atoms with Crippen molar-refractivity contribution in [1.29, 1.82) is 0 Å². The second-order valence-corrected chi connectivity index (χ2v) is 4.88. The lowest BCUT2D eigenvalue weighted by Crippen LogP contribution is -2.16. The second kappa shape index (κ2) is 5.80. The number of hydrogen-bond acceptors (Lipinski definition) is 4. The molecule has 0 spiro atoms. The number of carbonyl (C=O) groups is 1. The van der Waals surface area contributed by atoms with Crippen molar-refractivity contribution < 1.29 is 9.53 Å². The normalized spacial score (nSPS) is 12.2. The number of ether oxygens (including phenoxy) is 1. The Bertz CT molecular complexity index is 379. The van der Waals surface area contributed by atoms with Crippen LogP contribution in [0, 0.1) is 6.92 Å². The quantitative estimate of drug-likeness (QED) is 0.498. The molecule has 0 amide bonds. The summed E-state index contributed by atoms with van der Waals surface area (Å²) in [7, 11) is 0. The fourth-order valence-electron chi connectivity index (χ4n) is 1.25. The minimum absolute atomic E-state index is 0.201. The van der Waals surface area contributed by atoms with Gasteiger partial charge in [0.1, 0.15) is 5.25 Å². The van der Waals surface area contributed by atoms with E-state index < -0.39 is 0 Å². The van der Waals surface area contributed by atoms with Crippen LogP contribution in [-0.2, 0) is 9.53 Å². The smallest absolute Gasteiger partial charge is 0.319 e. The number of nitrogen functional groups attached to an aromatic ring is 1. The van der Waals surface area contributed by atoms with E-state index in [1.165, 1.54) is 11.8 Å². The molecular formula is C12H17NO2S. The molecule has 16 heavy (non-hydrogen) atoms. The maximum atomic E-state index is 11.5. The minimum atomic E-state index is -0.232. The molecule has 2 N–H and O–H groups in total. The topological polar surface area (TPSA) is 52.3 Å². The Hall–Kier alpha value is -1.16. The molecule has 1 rings (SSSR count). The van der Waals surface area contributed by atoms with Crippen molar-refractivity contribution in [2.75, 3.05) is 12.3 Å². The standard InChI is InChI=1S/C12H17NO2S/c1-4-15-12(14)9(3)16-10-7-5-6-8(2)11(10)13/h5-7,9H,4,13H2,1-3H3. The van der Waals surface area contributed by atoms with E-state index in [0.29, 0.717) is 6.61 Å². The van der Waals surface area contributed by atoms with Gasteiger partial charge in [-0.05, 0) is 32.4 Å². The fraction of sp³-hybridized carbons (Fsp3) is 0.417. The number of nitrogens with two attached hydrogens (primary N) is 1. The molecule has 0 heterocycles. The van der Waals surface area contributed by atoms with Gasteiger partial charge in [-0.1, -0.05) is 12.1 Å². The number of thioether (sulfide) groups is 1. The van der Waals surface area contributed by atoms with Crippen LogP contribution < -0.4 is 5.73 Å². The van der Waals surface area contributed by atoms with Crippen molar-refractivity contribution in [3.8, 4) is 0 Å². The summed E-state index contributed by atoms with van der Waals surface area (Å²) in [6, 6.07) is 5.81. The summed E-state index contributed by atoms with van der Waals surface area (Å²) >= 11 is 1.43. The number of benzene rings is 1. The Balaban J connectivity index is 2.73. The Morgan fingerprint density at radius 1 is 1.56 bits per heavy atom. The maximum Gasteiger partial charge on any atom is 0.319 e. The Morgan fingerprint density at radius 2 is 2.25 bits per heavy atom. The molecule has 0 saturated heterocycles. The number of rotatable bonds is 4. The van der Waals surface area contributed by atoms with Gasteiger partial charge in [0.2, 0.25) is 0 Å². The van der Waals surface area contributed by atoms with Gasteiger partial charge in [-0.2, -0.15) is 0 Å². The van der Waals surface area contributed by atoms with Crippen LogP contribution in [0.15, 0.2) is 23.1 Å². The van der Waals surface area contributed by atoms with Crippen molar-refractivity contribution in [1.82, 2.24) is 0 Å². The second-order valence-electron chi connectivity index (χ2n) is 3.50. The number of para-hydroxylation sites is 1. The third kappa shape index (κ3) is 3.17. The average Bonchev–Trinajstić information content (AvgIpc) is 2.25. The van der Waals surface area contributed by atoms with E-state index in [4.69, 9.17) is 10.5 Å². The van der Waals surface area contributed by atoms with Crippen LogP contribution in [0.25, 0.3) is 0 Å². The lowest BCUT2D eigenvalue weighted by Gasteiger charge is -2.12. The molecule has 0 aliphatic heterocycles. The van der Waals surface area contributed by atoms with Crippen molar-refractivity contribution in [3.63, 3.8) is 0 Å². The van der Waals surface area contributed by atoms with Gasteiger partial charge in [-0.15, -0.1) is 11.8 Å². The highest BCUT2D eigenvalue weighted by molar-refractivity contribution is 8.00. The first kappa shape index (κ1) is 12.9. The first-order valence-corrected chi connectivity index (χ1v) is 6.12. The zero-order chi connectivity index (χ0) is 12.1. The monoisotopic (exact) mass is 239 g/mol. The van der Waals surface area contributed by atoms with Crippen LogP contribution in [0.1, 0.15) is 19.4 Å². The third-order valence-electron chi connectivity index (χ3n) is 2.21. The molecule has 0 aliphatic carbocycles. The summed E-state index contributed by atoms with van der Waals surface area (Å²) in [5.74, 6) is -0.201. The van der Waals surface area contributed by atoms with E-state index in [1.807, 2.05) is 32.0 Å². The van der Waals surface area contributed by atoms with Crippen molar-refractivity contribution >= 4 is 23.4 Å². The molecule has 0 aromatic heterocycles. The highest BCUT2D eigenvalue weighted by Crippen LogP contribution is 2.30. The molecule has 1 unspecified atom stereocenters. The lowest BCUT2D eigenvalue weighted by molar-refractivity contribution is -0.142. The van der Waals surface area contributed by atoms with Gasteiger partial charge in [0.15, 0.2) is 0 Å². The van der Waals surface area contributed by atoms with Gasteiger partial charge in [0.25, 0.3) is 0 Å². The summed E-state index contributed by atoms with van der Waals surface area (Å²) in [6.45, 7) is 5.99. The zero-order valence-electron chi connectivity index (χ0n) is 9.82. The largest absolute Gasteiger partial charge is 0.465 e. The van der Waals surface area contributed by atoms with Gasteiger partial charge in [-0.3, -0.25) is 4.79 Å². The van der Waals surface area contributed by atoms with Crippen LogP contribution in [0.3, 0.4) is 0 Å². The molecule has 1 aromatic carbocycles. The summed E-state index contributed by atoms with van der Waals surface area (Å²) in [5, 5.41) is -0.232. The van der Waals surface area contributed by atoms with E-state index in [0.717, 1.165) is 16.1 Å². The predicted octanol–water partition coefficient (Wildman–Crippen LogP) is 2.62. The van der Waals surface area contributed by atoms with Crippen LogP contribution in [0.5, 0.6) is 0 Å². The minimum Gasteiger partial charge on any atom is -0.465 e. The molecule has 1 atom stereocenters. The van der Waals surface area contributed by atoms with Gasteiger partial charge < -0.3 is 10.5 Å². The Kier molecular flexibility index (Phi) is 4.68. The molecule has 3 nitrogen and oxygen atoms in total. The van der Waals surface area contributed by atoms with Gasteiger partial charge in [-0.25, -0.2) is 0 Å². The van der Waals surface area contributed by atoms with Crippen LogP contribution in [-0.4, -0.2) is 17.8 Å². The average molecular weight is 239 g/mol. The number of anilines is 1. The summed E-state index contributed by atoms with van der Waals surface area (Å²) < 4.78 is 4.95. The maximum absolute atomic E-state index is 11.5. The number of hydrogen-bond donors (Lipinski definition) is 1. The Labute approximate surface area is 100 Å². The lowest BCUT2D eigenvalue weighted by atomic mass is 10.2. The van der Waals surface area contributed by atoms with E-state index in [9.17, 15) is 4.79 Å². The molecule has 0 radical (unpaired) electrons. The molecule has 0 saturated carbocycles. The molecule has 0 fully saturated rings. The van der Waals surface area contributed by atoms with Crippen molar-refractivity contribution in [2.45, 2.75) is 30.9 Å². The Morgan fingerprint density at radius 3 is 2.88 bits per heavy atom. The molecule has 0 bridgehead atoms. The van der Waals surface area contributed by atoms with Crippen molar-refractivity contribution in [2.24, 2.45) is 0 Å². The van der Waals surface area contributed by atoms with E-state index in [2.05, 4.69) is 0 Å². The molecule has 88 valence electrons. The summed E-state index contributed by atoms with van der Waals surface area (Å²) in [6.07, 6.45) is 0. The number of carbonyl (C=O) groups excluding carboxylic acids is 1. The van der Waals surface area contributed by atoms with E-state index in [-0.39, 0.29) is 11.2 Å². The van der Waals surface area contributed by atoms with E-state index in [1.54, 1.807) is 6.92 Å². The molecule has 0 aliphatic rings. The molecule has 1 aromatic rings. The highest BCUT2D eigenvalue weighted by atomic mass is 32.2. The molecular weight excluding hydrogens is 222 g/mol. The van der Waals surface area contributed by atoms with Crippen LogP contribution >= 0.6 is 11.8 Å². The van der Waals surface area contributed by atoms with Gasteiger partial charge >= 0.3 is 5.97 Å².